The SMILES string of the molecule is Cc1nc2c(-c3ccc(Cl)cc3F)cc([C@H]3C[C@@H](C)O[C@H](c4cnn(C5CC5)c4)C3)nn2c(=O)c1C. The molecule has 3 aromatic heterocycles. The van der Waals surface area contributed by atoms with Crippen molar-refractivity contribution < 1.29 is 9.13 Å². The fourth-order valence-electron chi connectivity index (χ4n) is 5.09. The molecule has 3 atom stereocenters. The highest BCUT2D eigenvalue weighted by Gasteiger charge is 2.33. The van der Waals surface area contributed by atoms with Gasteiger partial charge in [-0.25, -0.2) is 9.37 Å². The first kappa shape index (κ1) is 23.3. The molecule has 4 aromatic rings. The Morgan fingerprint density at radius 3 is 2.69 bits per heavy atom. The molecule has 0 radical (unpaired) electrons. The number of rotatable bonds is 4. The quantitative estimate of drug-likeness (QED) is 0.353. The number of aromatic nitrogens is 5. The number of hydrogen-bond donors (Lipinski definition) is 0. The van der Waals surface area contributed by atoms with Gasteiger partial charge in [0.2, 0.25) is 0 Å². The largest absolute Gasteiger partial charge is 0.370 e. The molecule has 4 heterocycles. The zero-order chi connectivity index (χ0) is 25.1. The molecule has 0 bridgehead atoms. The number of benzene rings is 1. The first-order valence-corrected chi connectivity index (χ1v) is 12.7. The third-order valence-corrected chi connectivity index (χ3v) is 7.58. The van der Waals surface area contributed by atoms with Gasteiger partial charge in [-0.15, -0.1) is 0 Å². The van der Waals surface area contributed by atoms with Crippen LogP contribution in [0.25, 0.3) is 16.8 Å². The molecule has 0 unspecified atom stereocenters. The van der Waals surface area contributed by atoms with Gasteiger partial charge < -0.3 is 4.74 Å². The molecule has 1 aromatic carbocycles. The molecule has 0 N–H and O–H groups in total. The van der Waals surface area contributed by atoms with Crippen LogP contribution in [0.3, 0.4) is 0 Å². The van der Waals surface area contributed by atoms with E-state index in [1.807, 2.05) is 23.9 Å². The van der Waals surface area contributed by atoms with E-state index in [0.717, 1.165) is 12.0 Å². The van der Waals surface area contributed by atoms with Gasteiger partial charge >= 0.3 is 0 Å². The predicted octanol–water partition coefficient (Wildman–Crippen LogP) is 5.72. The van der Waals surface area contributed by atoms with E-state index in [-0.39, 0.29) is 23.7 Å². The summed E-state index contributed by atoms with van der Waals surface area (Å²) in [7, 11) is 0. The van der Waals surface area contributed by atoms with Crippen molar-refractivity contribution >= 4 is 17.2 Å². The Bertz CT molecular complexity index is 1540. The smallest absolute Gasteiger partial charge is 0.277 e. The molecule has 186 valence electrons. The van der Waals surface area contributed by atoms with E-state index < -0.39 is 5.82 Å². The lowest BCUT2D eigenvalue weighted by Gasteiger charge is -2.33. The fraction of sp³-hybridized carbons (Fsp3) is 0.407. The van der Waals surface area contributed by atoms with E-state index in [4.69, 9.17) is 21.4 Å². The third-order valence-electron chi connectivity index (χ3n) is 7.34. The van der Waals surface area contributed by atoms with Crippen molar-refractivity contribution in [1.82, 2.24) is 24.4 Å². The number of halogens is 2. The van der Waals surface area contributed by atoms with Crippen molar-refractivity contribution in [3.8, 4) is 11.1 Å². The average Bonchev–Trinajstić information content (AvgIpc) is 3.58. The lowest BCUT2D eigenvalue weighted by atomic mass is 9.86. The highest BCUT2D eigenvalue weighted by Crippen LogP contribution is 2.42. The van der Waals surface area contributed by atoms with Crippen LogP contribution < -0.4 is 5.56 Å². The summed E-state index contributed by atoms with van der Waals surface area (Å²) in [6, 6.07) is 6.91. The van der Waals surface area contributed by atoms with E-state index in [2.05, 4.69) is 16.3 Å². The summed E-state index contributed by atoms with van der Waals surface area (Å²) in [5.74, 6) is -0.463. The Kier molecular flexibility index (Phi) is 5.68. The zero-order valence-electron chi connectivity index (χ0n) is 20.4. The second-order valence-corrected chi connectivity index (χ2v) is 10.5. The average molecular weight is 508 g/mol. The van der Waals surface area contributed by atoms with Crippen molar-refractivity contribution in [2.45, 2.75) is 70.6 Å². The maximum Gasteiger partial charge on any atom is 0.277 e. The monoisotopic (exact) mass is 507 g/mol. The summed E-state index contributed by atoms with van der Waals surface area (Å²) >= 11 is 6.02. The maximum atomic E-state index is 15.1. The Balaban J connectivity index is 1.47. The van der Waals surface area contributed by atoms with Crippen LogP contribution in [0.5, 0.6) is 0 Å². The first-order chi connectivity index (χ1) is 17.3. The number of aryl methyl sites for hydroxylation is 1. The lowest BCUT2D eigenvalue weighted by Crippen LogP contribution is -2.28. The Labute approximate surface area is 212 Å². The second kappa shape index (κ2) is 8.78. The molecule has 1 aliphatic heterocycles. The van der Waals surface area contributed by atoms with Crippen LogP contribution in [0.2, 0.25) is 5.02 Å². The van der Waals surface area contributed by atoms with Gasteiger partial charge in [0.15, 0.2) is 5.65 Å². The van der Waals surface area contributed by atoms with E-state index in [1.165, 1.54) is 23.4 Å². The van der Waals surface area contributed by atoms with Gasteiger partial charge in [-0.05, 0) is 70.7 Å². The summed E-state index contributed by atoms with van der Waals surface area (Å²) in [6.07, 6.45) is 7.59. The molecule has 2 aliphatic rings. The van der Waals surface area contributed by atoms with E-state index in [9.17, 15) is 4.79 Å². The topological polar surface area (TPSA) is 74.3 Å². The van der Waals surface area contributed by atoms with Gasteiger partial charge in [0.25, 0.3) is 5.56 Å². The van der Waals surface area contributed by atoms with Crippen LogP contribution in [-0.4, -0.2) is 30.5 Å². The van der Waals surface area contributed by atoms with Crippen molar-refractivity contribution in [2.24, 2.45) is 0 Å². The first-order valence-electron chi connectivity index (χ1n) is 12.3. The summed E-state index contributed by atoms with van der Waals surface area (Å²) in [6.45, 7) is 5.56. The van der Waals surface area contributed by atoms with Gasteiger partial charge in [0.1, 0.15) is 5.82 Å². The second-order valence-electron chi connectivity index (χ2n) is 10.1. The van der Waals surface area contributed by atoms with Crippen LogP contribution in [0.4, 0.5) is 4.39 Å². The maximum absolute atomic E-state index is 15.1. The Morgan fingerprint density at radius 2 is 1.94 bits per heavy atom. The van der Waals surface area contributed by atoms with Crippen molar-refractivity contribution in [3.63, 3.8) is 0 Å². The summed E-state index contributed by atoms with van der Waals surface area (Å²) in [4.78, 5) is 17.9. The number of hydrogen-bond acceptors (Lipinski definition) is 5. The van der Waals surface area contributed by atoms with Crippen LogP contribution >= 0.6 is 11.6 Å². The highest BCUT2D eigenvalue weighted by molar-refractivity contribution is 6.30. The van der Waals surface area contributed by atoms with Crippen LogP contribution in [-0.2, 0) is 4.74 Å². The normalized spacial score (nSPS) is 22.3. The molecule has 9 heteroatoms. The summed E-state index contributed by atoms with van der Waals surface area (Å²) in [5, 5.41) is 9.59. The molecule has 1 aliphatic carbocycles. The van der Waals surface area contributed by atoms with E-state index in [1.54, 1.807) is 26.0 Å². The van der Waals surface area contributed by atoms with Gasteiger partial charge in [-0.3, -0.25) is 9.48 Å². The third kappa shape index (κ3) is 4.12. The van der Waals surface area contributed by atoms with Gasteiger partial charge in [0, 0.05) is 45.1 Å². The molecule has 0 spiro atoms. The fourth-order valence-corrected chi connectivity index (χ4v) is 5.25. The van der Waals surface area contributed by atoms with Gasteiger partial charge in [-0.2, -0.15) is 14.7 Å². The van der Waals surface area contributed by atoms with Crippen LogP contribution in [0.1, 0.15) is 73.2 Å². The van der Waals surface area contributed by atoms with Crippen LogP contribution in [0, 0.1) is 19.7 Å². The van der Waals surface area contributed by atoms with E-state index in [0.29, 0.717) is 51.2 Å². The van der Waals surface area contributed by atoms with Crippen molar-refractivity contribution in [3.05, 3.63) is 80.4 Å². The summed E-state index contributed by atoms with van der Waals surface area (Å²) in [5.41, 5.74) is 3.81. The molecule has 6 rings (SSSR count). The van der Waals surface area contributed by atoms with Crippen molar-refractivity contribution in [1.29, 1.82) is 0 Å². The molecular weight excluding hydrogens is 481 g/mol. The predicted molar refractivity (Wildman–Crippen MR) is 135 cm³/mol. The number of ether oxygens (including phenoxy) is 1. The molecule has 1 saturated carbocycles. The van der Waals surface area contributed by atoms with Crippen molar-refractivity contribution in [2.75, 3.05) is 0 Å². The minimum Gasteiger partial charge on any atom is -0.370 e. The minimum absolute atomic E-state index is 0.00930. The van der Waals surface area contributed by atoms with Gasteiger partial charge in [-0.1, -0.05) is 11.6 Å². The molecule has 2 fully saturated rings. The lowest BCUT2D eigenvalue weighted by molar-refractivity contribution is -0.0507. The molecular formula is C27H27ClFN5O2. The standard InChI is InChI=1S/C27H27ClFN5O2/c1-14-8-17(9-25(36-14)18-12-30-33(13-18)20-5-6-20)24-11-22(21-7-4-19(28)10-23(21)29)26-31-16(3)15(2)27(35)34(26)32-24/h4,7,10-14,17,20,25H,5-6,8-9H2,1-3H3/t14-,17+,25+/m1/s1. The zero-order valence-corrected chi connectivity index (χ0v) is 21.2. The summed E-state index contributed by atoms with van der Waals surface area (Å²) < 4.78 is 24.7. The van der Waals surface area contributed by atoms with Gasteiger partial charge in [0.05, 0.1) is 30.1 Å². The molecule has 0 amide bonds. The Morgan fingerprint density at radius 1 is 1.14 bits per heavy atom. The minimum atomic E-state index is -0.472. The number of nitrogens with zero attached hydrogens (tertiary/aromatic N) is 5. The molecule has 36 heavy (non-hydrogen) atoms. The number of fused-ring (bicyclic) bond motifs is 1. The Hall–Kier alpha value is -3.10. The molecule has 1 saturated heterocycles. The highest BCUT2D eigenvalue weighted by atomic mass is 35.5. The molecule has 7 nitrogen and oxygen atoms in total. The van der Waals surface area contributed by atoms with Crippen LogP contribution in [0.15, 0.2) is 41.5 Å². The van der Waals surface area contributed by atoms with E-state index >= 15 is 4.39 Å².